The van der Waals surface area contributed by atoms with Crippen molar-refractivity contribution in [2.45, 2.75) is 59.4 Å². The summed E-state index contributed by atoms with van der Waals surface area (Å²) in [6, 6.07) is 0.483. The molecule has 21 heavy (non-hydrogen) atoms. The fourth-order valence-electron chi connectivity index (χ4n) is 2.43. The summed E-state index contributed by atoms with van der Waals surface area (Å²) >= 11 is 0. The van der Waals surface area contributed by atoms with Gasteiger partial charge >= 0.3 is 0 Å². The SMILES string of the molecule is CCNC(=NCCCN1CCC(C)CC1)NC(C)CC.I. The fraction of sp³-hybridized carbons (Fsp3) is 0.938. The lowest BCUT2D eigenvalue weighted by Gasteiger charge is -2.29. The van der Waals surface area contributed by atoms with Gasteiger partial charge in [-0.3, -0.25) is 4.99 Å². The van der Waals surface area contributed by atoms with E-state index in [0.717, 1.165) is 37.8 Å². The molecule has 4 nitrogen and oxygen atoms in total. The summed E-state index contributed by atoms with van der Waals surface area (Å²) < 4.78 is 0. The van der Waals surface area contributed by atoms with Crippen LogP contribution in [0.15, 0.2) is 4.99 Å². The lowest BCUT2D eigenvalue weighted by molar-refractivity contribution is 0.192. The fourth-order valence-corrected chi connectivity index (χ4v) is 2.43. The Kier molecular flexibility index (Phi) is 12.5. The van der Waals surface area contributed by atoms with Gasteiger partial charge in [0.2, 0.25) is 0 Å². The van der Waals surface area contributed by atoms with E-state index >= 15 is 0 Å². The van der Waals surface area contributed by atoms with Gasteiger partial charge in [0.15, 0.2) is 5.96 Å². The van der Waals surface area contributed by atoms with Crippen LogP contribution in [0.4, 0.5) is 0 Å². The maximum atomic E-state index is 4.67. The van der Waals surface area contributed by atoms with Crippen molar-refractivity contribution < 1.29 is 0 Å². The topological polar surface area (TPSA) is 39.7 Å². The molecule has 1 fully saturated rings. The average molecular weight is 410 g/mol. The van der Waals surface area contributed by atoms with E-state index in [1.165, 1.54) is 32.5 Å². The van der Waals surface area contributed by atoms with Gasteiger partial charge in [0, 0.05) is 19.1 Å². The third-order valence-corrected chi connectivity index (χ3v) is 4.12. The third kappa shape index (κ3) is 9.55. The van der Waals surface area contributed by atoms with Crippen molar-refractivity contribution in [1.29, 1.82) is 0 Å². The molecule has 0 spiro atoms. The molecule has 5 heteroatoms. The smallest absolute Gasteiger partial charge is 0.191 e. The number of nitrogens with zero attached hydrogens (tertiary/aromatic N) is 2. The van der Waals surface area contributed by atoms with Crippen LogP contribution in [-0.4, -0.2) is 49.6 Å². The Hall–Kier alpha value is -0.0400. The van der Waals surface area contributed by atoms with Gasteiger partial charge in [-0.25, -0.2) is 0 Å². The first-order valence-corrected chi connectivity index (χ1v) is 8.42. The van der Waals surface area contributed by atoms with Crippen LogP contribution in [0.25, 0.3) is 0 Å². The Bertz CT molecular complexity index is 275. The van der Waals surface area contributed by atoms with Crippen LogP contribution in [-0.2, 0) is 0 Å². The summed E-state index contributed by atoms with van der Waals surface area (Å²) in [4.78, 5) is 7.26. The Morgan fingerprint density at radius 1 is 1.29 bits per heavy atom. The van der Waals surface area contributed by atoms with Gasteiger partial charge in [0.1, 0.15) is 0 Å². The standard InChI is InChI=1S/C16H34N4.HI/c1-5-15(4)19-16(17-6-2)18-10-7-11-20-12-8-14(3)9-13-20;/h14-15H,5-13H2,1-4H3,(H2,17,18,19);1H. The molecule has 1 aliphatic rings. The van der Waals surface area contributed by atoms with Crippen LogP contribution in [0.3, 0.4) is 0 Å². The van der Waals surface area contributed by atoms with Crippen LogP contribution in [0.1, 0.15) is 53.4 Å². The number of nitrogens with one attached hydrogen (secondary N) is 2. The highest BCUT2D eigenvalue weighted by atomic mass is 127. The Labute approximate surface area is 148 Å². The Morgan fingerprint density at radius 2 is 1.95 bits per heavy atom. The molecule has 126 valence electrons. The minimum Gasteiger partial charge on any atom is -0.357 e. The number of guanidine groups is 1. The predicted octanol–water partition coefficient (Wildman–Crippen LogP) is 3.08. The largest absolute Gasteiger partial charge is 0.357 e. The molecule has 1 aliphatic heterocycles. The number of rotatable bonds is 7. The number of halogens is 1. The highest BCUT2D eigenvalue weighted by Crippen LogP contribution is 2.15. The summed E-state index contributed by atoms with van der Waals surface area (Å²) in [5.41, 5.74) is 0. The molecule has 2 N–H and O–H groups in total. The highest BCUT2D eigenvalue weighted by molar-refractivity contribution is 14.0. The summed E-state index contributed by atoms with van der Waals surface area (Å²) in [5, 5.41) is 6.75. The predicted molar refractivity (Wildman–Crippen MR) is 104 cm³/mol. The quantitative estimate of drug-likeness (QED) is 0.293. The number of hydrogen-bond donors (Lipinski definition) is 2. The minimum atomic E-state index is 0. The van der Waals surface area contributed by atoms with Gasteiger partial charge in [-0.2, -0.15) is 0 Å². The normalized spacial score (nSPS) is 19.0. The van der Waals surface area contributed by atoms with E-state index < -0.39 is 0 Å². The van der Waals surface area contributed by atoms with Crippen molar-refractivity contribution >= 4 is 29.9 Å². The van der Waals surface area contributed by atoms with Crippen LogP contribution in [0.5, 0.6) is 0 Å². The molecule has 1 unspecified atom stereocenters. The third-order valence-electron chi connectivity index (χ3n) is 4.12. The van der Waals surface area contributed by atoms with Gasteiger partial charge < -0.3 is 15.5 Å². The molecule has 0 aromatic carbocycles. The Morgan fingerprint density at radius 3 is 2.52 bits per heavy atom. The number of aliphatic imine (C=N–C) groups is 1. The van der Waals surface area contributed by atoms with E-state index in [1.807, 2.05) is 0 Å². The first kappa shape index (κ1) is 21.0. The Balaban J connectivity index is 0.00000400. The second-order valence-corrected chi connectivity index (χ2v) is 6.09. The van der Waals surface area contributed by atoms with Crippen molar-refractivity contribution in [2.24, 2.45) is 10.9 Å². The van der Waals surface area contributed by atoms with E-state index in [-0.39, 0.29) is 24.0 Å². The lowest BCUT2D eigenvalue weighted by Crippen LogP contribution is -2.42. The molecule has 1 heterocycles. The molecular weight excluding hydrogens is 375 g/mol. The number of piperidine rings is 1. The highest BCUT2D eigenvalue weighted by Gasteiger charge is 2.14. The first-order valence-electron chi connectivity index (χ1n) is 8.42. The number of likely N-dealkylation sites (tertiary alicyclic amines) is 1. The second-order valence-electron chi connectivity index (χ2n) is 6.09. The molecule has 0 aliphatic carbocycles. The van der Waals surface area contributed by atoms with Gasteiger partial charge in [-0.05, 0) is 65.1 Å². The van der Waals surface area contributed by atoms with Crippen LogP contribution in [0.2, 0.25) is 0 Å². The molecule has 1 rings (SSSR count). The molecule has 0 amide bonds. The van der Waals surface area contributed by atoms with E-state index in [9.17, 15) is 0 Å². The number of hydrogen-bond acceptors (Lipinski definition) is 2. The van der Waals surface area contributed by atoms with Gasteiger partial charge in [-0.15, -0.1) is 24.0 Å². The molecule has 0 bridgehead atoms. The molecule has 0 saturated carbocycles. The lowest BCUT2D eigenvalue weighted by atomic mass is 9.99. The molecule has 1 atom stereocenters. The molecular formula is C16H35IN4. The molecule has 1 saturated heterocycles. The minimum absolute atomic E-state index is 0. The average Bonchev–Trinajstić information content (AvgIpc) is 2.45. The molecule has 0 aromatic rings. The zero-order valence-corrected chi connectivity index (χ0v) is 16.7. The van der Waals surface area contributed by atoms with Crippen LogP contribution in [0, 0.1) is 5.92 Å². The van der Waals surface area contributed by atoms with Crippen molar-refractivity contribution in [3.05, 3.63) is 0 Å². The monoisotopic (exact) mass is 410 g/mol. The van der Waals surface area contributed by atoms with E-state index in [4.69, 9.17) is 0 Å². The summed E-state index contributed by atoms with van der Waals surface area (Å²) in [6.45, 7) is 14.4. The van der Waals surface area contributed by atoms with Crippen LogP contribution < -0.4 is 10.6 Å². The van der Waals surface area contributed by atoms with Crippen molar-refractivity contribution in [3.63, 3.8) is 0 Å². The first-order chi connectivity index (χ1) is 9.65. The van der Waals surface area contributed by atoms with Gasteiger partial charge in [0.05, 0.1) is 0 Å². The molecule has 0 aromatic heterocycles. The van der Waals surface area contributed by atoms with Gasteiger partial charge in [0.25, 0.3) is 0 Å². The van der Waals surface area contributed by atoms with Crippen molar-refractivity contribution in [2.75, 3.05) is 32.7 Å². The van der Waals surface area contributed by atoms with E-state index in [2.05, 4.69) is 48.2 Å². The summed E-state index contributed by atoms with van der Waals surface area (Å²) in [5.74, 6) is 1.89. The zero-order chi connectivity index (χ0) is 14.8. The maximum absolute atomic E-state index is 4.67. The van der Waals surface area contributed by atoms with E-state index in [0.29, 0.717) is 6.04 Å². The maximum Gasteiger partial charge on any atom is 0.191 e. The molecule has 0 radical (unpaired) electrons. The second kappa shape index (κ2) is 12.5. The zero-order valence-electron chi connectivity index (χ0n) is 14.3. The van der Waals surface area contributed by atoms with Crippen molar-refractivity contribution in [1.82, 2.24) is 15.5 Å². The van der Waals surface area contributed by atoms with Crippen LogP contribution >= 0.6 is 24.0 Å². The summed E-state index contributed by atoms with van der Waals surface area (Å²) in [7, 11) is 0. The summed E-state index contributed by atoms with van der Waals surface area (Å²) in [6.07, 6.45) is 5.00. The van der Waals surface area contributed by atoms with E-state index in [1.54, 1.807) is 0 Å². The van der Waals surface area contributed by atoms with Crippen molar-refractivity contribution in [3.8, 4) is 0 Å². The van der Waals surface area contributed by atoms with Gasteiger partial charge in [-0.1, -0.05) is 13.8 Å².